The molecule has 0 spiro atoms. The molecule has 1 aromatic rings. The fraction of sp³-hybridized carbons (Fsp3) is 0.438. The maximum atomic E-state index is 12.4. The lowest BCUT2D eigenvalue weighted by Gasteiger charge is -2.20. The first-order valence-electron chi connectivity index (χ1n) is 7.59. The Balaban J connectivity index is 1.91. The Bertz CT molecular complexity index is 632. The zero-order chi connectivity index (χ0) is 17.5. The molecule has 0 aromatic heterocycles. The Morgan fingerprint density at radius 3 is 2.96 bits per heavy atom. The van der Waals surface area contributed by atoms with Crippen LogP contribution in [0.15, 0.2) is 18.2 Å². The molecule has 0 saturated carbocycles. The van der Waals surface area contributed by atoms with E-state index in [9.17, 15) is 14.4 Å². The number of hydrogen-bond donors (Lipinski definition) is 2. The molecule has 0 unspecified atom stereocenters. The van der Waals surface area contributed by atoms with Crippen LogP contribution in [-0.2, 0) is 14.3 Å². The molecule has 0 radical (unpaired) electrons. The average molecular weight is 335 g/mol. The highest BCUT2D eigenvalue weighted by Gasteiger charge is 2.20. The highest BCUT2D eigenvalue weighted by Crippen LogP contribution is 2.28. The number of amides is 3. The third kappa shape index (κ3) is 4.69. The van der Waals surface area contributed by atoms with Crippen molar-refractivity contribution in [2.75, 3.05) is 45.8 Å². The molecule has 8 nitrogen and oxygen atoms in total. The van der Waals surface area contributed by atoms with Crippen LogP contribution in [0.4, 0.5) is 5.69 Å². The highest BCUT2D eigenvalue weighted by molar-refractivity contribution is 5.99. The summed E-state index contributed by atoms with van der Waals surface area (Å²) in [4.78, 5) is 36.8. The van der Waals surface area contributed by atoms with E-state index in [2.05, 4.69) is 10.6 Å². The molecule has 2 rings (SSSR count). The summed E-state index contributed by atoms with van der Waals surface area (Å²) in [6, 6.07) is 4.76. The predicted molar refractivity (Wildman–Crippen MR) is 87.0 cm³/mol. The Labute approximate surface area is 140 Å². The number of anilines is 1. The first kappa shape index (κ1) is 17.7. The molecule has 0 fully saturated rings. The lowest BCUT2D eigenvalue weighted by molar-refractivity contribution is -0.121. The van der Waals surface area contributed by atoms with Crippen molar-refractivity contribution < 1.29 is 23.9 Å². The average Bonchev–Trinajstić information content (AvgIpc) is 2.57. The summed E-state index contributed by atoms with van der Waals surface area (Å²) in [6.07, 6.45) is 0.716. The minimum atomic E-state index is -0.301. The summed E-state index contributed by atoms with van der Waals surface area (Å²) >= 11 is 0. The summed E-state index contributed by atoms with van der Waals surface area (Å²) in [5.74, 6) is -0.324. The van der Waals surface area contributed by atoms with Crippen LogP contribution >= 0.6 is 0 Å². The van der Waals surface area contributed by atoms with Crippen molar-refractivity contribution in [3.05, 3.63) is 23.8 Å². The fourth-order valence-corrected chi connectivity index (χ4v) is 2.22. The van der Waals surface area contributed by atoms with Crippen molar-refractivity contribution in [2.24, 2.45) is 0 Å². The van der Waals surface area contributed by atoms with E-state index >= 15 is 0 Å². The quantitative estimate of drug-likeness (QED) is 0.696. The van der Waals surface area contributed by atoms with Gasteiger partial charge in [-0.15, -0.1) is 0 Å². The van der Waals surface area contributed by atoms with E-state index < -0.39 is 0 Å². The van der Waals surface area contributed by atoms with Crippen LogP contribution in [-0.4, -0.2) is 63.1 Å². The second kappa shape index (κ2) is 8.30. The number of ether oxygens (including phenoxy) is 2. The van der Waals surface area contributed by atoms with Crippen molar-refractivity contribution >= 4 is 23.4 Å². The van der Waals surface area contributed by atoms with Crippen LogP contribution in [0.3, 0.4) is 0 Å². The van der Waals surface area contributed by atoms with E-state index in [1.54, 1.807) is 32.4 Å². The standard InChI is InChI=1S/C16H21N3O5/c1-19(9-14(20)17-6-3-7-23-2)16(22)11-4-5-12-13(8-11)24-10-15(21)18-12/h4-5,8H,3,6-7,9-10H2,1-2H3,(H,17,20)(H,18,21). The number of fused-ring (bicyclic) bond motifs is 1. The number of likely N-dealkylation sites (N-methyl/N-ethyl adjacent to an activating group) is 1. The van der Waals surface area contributed by atoms with Gasteiger partial charge < -0.3 is 25.0 Å². The smallest absolute Gasteiger partial charge is 0.262 e. The van der Waals surface area contributed by atoms with Gasteiger partial charge in [0.05, 0.1) is 12.2 Å². The van der Waals surface area contributed by atoms with E-state index in [0.717, 1.165) is 0 Å². The van der Waals surface area contributed by atoms with E-state index in [-0.39, 0.29) is 30.9 Å². The summed E-state index contributed by atoms with van der Waals surface area (Å²) < 4.78 is 10.2. The van der Waals surface area contributed by atoms with Gasteiger partial charge in [-0.25, -0.2) is 0 Å². The molecule has 1 aliphatic rings. The number of hydrogen-bond acceptors (Lipinski definition) is 5. The van der Waals surface area contributed by atoms with Crippen LogP contribution < -0.4 is 15.4 Å². The number of benzene rings is 1. The molecule has 0 saturated heterocycles. The van der Waals surface area contributed by atoms with E-state index in [1.807, 2.05) is 0 Å². The largest absolute Gasteiger partial charge is 0.482 e. The van der Waals surface area contributed by atoms with Gasteiger partial charge in [0, 0.05) is 32.9 Å². The second-order valence-corrected chi connectivity index (χ2v) is 5.41. The van der Waals surface area contributed by atoms with Crippen molar-refractivity contribution in [2.45, 2.75) is 6.42 Å². The first-order valence-corrected chi connectivity index (χ1v) is 7.59. The number of nitrogens with one attached hydrogen (secondary N) is 2. The number of carbonyl (C=O) groups is 3. The molecule has 24 heavy (non-hydrogen) atoms. The van der Waals surface area contributed by atoms with Crippen LogP contribution in [0, 0.1) is 0 Å². The number of rotatable bonds is 7. The molecule has 0 aliphatic carbocycles. The normalized spacial score (nSPS) is 12.7. The fourth-order valence-electron chi connectivity index (χ4n) is 2.22. The molecule has 2 N–H and O–H groups in total. The maximum absolute atomic E-state index is 12.4. The minimum absolute atomic E-state index is 0.0412. The molecule has 0 atom stereocenters. The highest BCUT2D eigenvalue weighted by atomic mass is 16.5. The molecule has 3 amide bonds. The number of nitrogens with zero attached hydrogens (tertiary/aromatic N) is 1. The summed E-state index contributed by atoms with van der Waals surface area (Å²) in [5, 5.41) is 5.38. The topological polar surface area (TPSA) is 97.0 Å². The monoisotopic (exact) mass is 335 g/mol. The van der Waals surface area contributed by atoms with Crippen LogP contribution in [0.2, 0.25) is 0 Å². The van der Waals surface area contributed by atoms with Gasteiger partial charge in [0.1, 0.15) is 5.75 Å². The Kier molecular flexibility index (Phi) is 6.14. The summed E-state index contributed by atoms with van der Waals surface area (Å²) in [7, 11) is 3.15. The van der Waals surface area contributed by atoms with Gasteiger partial charge in [0.2, 0.25) is 5.91 Å². The molecule has 0 bridgehead atoms. The molecular formula is C16H21N3O5. The molecule has 1 heterocycles. The Morgan fingerprint density at radius 2 is 2.21 bits per heavy atom. The zero-order valence-corrected chi connectivity index (χ0v) is 13.8. The van der Waals surface area contributed by atoms with Crippen molar-refractivity contribution in [1.82, 2.24) is 10.2 Å². The van der Waals surface area contributed by atoms with Crippen molar-refractivity contribution in [3.8, 4) is 5.75 Å². The second-order valence-electron chi connectivity index (χ2n) is 5.41. The Morgan fingerprint density at radius 1 is 1.42 bits per heavy atom. The molecular weight excluding hydrogens is 314 g/mol. The summed E-state index contributed by atoms with van der Waals surface area (Å²) in [6.45, 7) is 0.951. The van der Waals surface area contributed by atoms with Gasteiger partial charge in [-0.1, -0.05) is 0 Å². The van der Waals surface area contributed by atoms with Crippen LogP contribution in [0.25, 0.3) is 0 Å². The number of methoxy groups -OCH3 is 1. The van der Waals surface area contributed by atoms with Crippen LogP contribution in [0.1, 0.15) is 16.8 Å². The SMILES string of the molecule is COCCCNC(=O)CN(C)C(=O)c1ccc2c(c1)OCC(=O)N2. The third-order valence-electron chi connectivity index (χ3n) is 3.44. The number of carbonyl (C=O) groups excluding carboxylic acids is 3. The third-order valence-corrected chi connectivity index (χ3v) is 3.44. The molecule has 1 aromatic carbocycles. The lowest BCUT2D eigenvalue weighted by Crippen LogP contribution is -2.38. The van der Waals surface area contributed by atoms with Gasteiger partial charge in [0.25, 0.3) is 11.8 Å². The van der Waals surface area contributed by atoms with Gasteiger partial charge in [-0.05, 0) is 24.6 Å². The predicted octanol–water partition coefficient (Wildman–Crippen LogP) is 0.242. The molecule has 130 valence electrons. The minimum Gasteiger partial charge on any atom is -0.482 e. The van der Waals surface area contributed by atoms with Gasteiger partial charge in [-0.3, -0.25) is 14.4 Å². The van der Waals surface area contributed by atoms with Crippen molar-refractivity contribution in [3.63, 3.8) is 0 Å². The van der Waals surface area contributed by atoms with Gasteiger partial charge in [-0.2, -0.15) is 0 Å². The Hall–Kier alpha value is -2.61. The summed E-state index contributed by atoms with van der Waals surface area (Å²) in [5.41, 5.74) is 0.918. The zero-order valence-electron chi connectivity index (χ0n) is 13.8. The van der Waals surface area contributed by atoms with Gasteiger partial charge >= 0.3 is 0 Å². The first-order chi connectivity index (χ1) is 11.5. The van der Waals surface area contributed by atoms with E-state index in [0.29, 0.717) is 36.6 Å². The molecule has 1 aliphatic heterocycles. The van der Waals surface area contributed by atoms with E-state index in [4.69, 9.17) is 9.47 Å². The van der Waals surface area contributed by atoms with E-state index in [1.165, 1.54) is 4.90 Å². The van der Waals surface area contributed by atoms with Gasteiger partial charge in [0.15, 0.2) is 6.61 Å². The maximum Gasteiger partial charge on any atom is 0.262 e. The van der Waals surface area contributed by atoms with Crippen molar-refractivity contribution in [1.29, 1.82) is 0 Å². The molecule has 8 heteroatoms. The van der Waals surface area contributed by atoms with Crippen LogP contribution in [0.5, 0.6) is 5.75 Å². The lowest BCUT2D eigenvalue weighted by atomic mass is 10.1.